The highest BCUT2D eigenvalue weighted by atomic mass is 32.1. The molecule has 0 saturated carbocycles. The highest BCUT2D eigenvalue weighted by Crippen LogP contribution is 2.37. The summed E-state index contributed by atoms with van der Waals surface area (Å²) in [6, 6.07) is 27.4. The maximum absolute atomic E-state index is 14.1. The Kier molecular flexibility index (Phi) is 8.73. The fraction of sp³-hybridized carbons (Fsp3) is 0.143. The lowest BCUT2D eigenvalue weighted by atomic mass is 9.97. The van der Waals surface area contributed by atoms with Crippen LogP contribution in [0.4, 0.5) is 0 Å². The number of ether oxygens (including phenoxy) is 3. The van der Waals surface area contributed by atoms with E-state index in [1.165, 1.54) is 22.7 Å². The molecule has 0 radical (unpaired) electrons. The molecule has 0 N–H and O–H groups in total. The van der Waals surface area contributed by atoms with Crippen LogP contribution in [0.3, 0.4) is 0 Å². The molecule has 6 rings (SSSR count). The van der Waals surface area contributed by atoms with Gasteiger partial charge in [0.1, 0.15) is 12.6 Å². The van der Waals surface area contributed by atoms with Gasteiger partial charge in [0.15, 0.2) is 16.3 Å². The first-order valence-electron chi connectivity index (χ1n) is 14.1. The average Bonchev–Trinajstić information content (AvgIpc) is 3.72. The normalized spacial score (nSPS) is 14.3. The SMILES string of the molecule is CCOC(=O)C1=C(c2ccccc2)N=c2s/c(=C\c3ccc(OCc4ccc(C#N)cc4)c(OC)c3)c(=O)n2[C@@H]1c1cccs1. The molecular formula is C35H27N3O5S2. The first kappa shape index (κ1) is 29.8. The van der Waals surface area contributed by atoms with Crippen molar-refractivity contribution in [2.75, 3.05) is 13.7 Å². The summed E-state index contributed by atoms with van der Waals surface area (Å²) in [5, 5.41) is 10.9. The zero-order valence-corrected chi connectivity index (χ0v) is 26.1. The predicted octanol–water partition coefficient (Wildman–Crippen LogP) is 5.46. The molecule has 0 unspecified atom stereocenters. The van der Waals surface area contributed by atoms with Crippen molar-refractivity contribution < 1.29 is 19.0 Å². The molecule has 1 atom stereocenters. The number of esters is 1. The zero-order chi connectivity index (χ0) is 31.3. The minimum Gasteiger partial charge on any atom is -0.493 e. The van der Waals surface area contributed by atoms with E-state index >= 15 is 0 Å². The van der Waals surface area contributed by atoms with Crippen molar-refractivity contribution in [2.45, 2.75) is 19.6 Å². The second-order valence-corrected chi connectivity index (χ2v) is 11.9. The van der Waals surface area contributed by atoms with Crippen molar-refractivity contribution in [1.29, 1.82) is 5.26 Å². The molecule has 0 amide bonds. The van der Waals surface area contributed by atoms with Crippen molar-refractivity contribution >= 4 is 40.4 Å². The van der Waals surface area contributed by atoms with E-state index in [-0.39, 0.29) is 12.2 Å². The molecule has 0 bridgehead atoms. The summed E-state index contributed by atoms with van der Waals surface area (Å²) >= 11 is 2.73. The van der Waals surface area contributed by atoms with Crippen LogP contribution in [-0.2, 0) is 16.1 Å². The van der Waals surface area contributed by atoms with E-state index in [9.17, 15) is 9.59 Å². The molecule has 0 saturated heterocycles. The Balaban J connectivity index is 1.42. The Hall–Kier alpha value is -5.24. The van der Waals surface area contributed by atoms with Gasteiger partial charge < -0.3 is 14.2 Å². The monoisotopic (exact) mass is 633 g/mol. The molecule has 0 aliphatic carbocycles. The van der Waals surface area contributed by atoms with Crippen molar-refractivity contribution in [3.05, 3.63) is 143 Å². The second-order valence-electron chi connectivity index (χ2n) is 9.95. The van der Waals surface area contributed by atoms with Crippen molar-refractivity contribution in [3.8, 4) is 17.6 Å². The number of carbonyl (C=O) groups is 1. The van der Waals surface area contributed by atoms with E-state index in [1.807, 2.05) is 72.1 Å². The van der Waals surface area contributed by atoms with E-state index in [1.54, 1.807) is 42.9 Å². The van der Waals surface area contributed by atoms with E-state index < -0.39 is 12.0 Å². The van der Waals surface area contributed by atoms with E-state index in [2.05, 4.69) is 6.07 Å². The quantitative estimate of drug-likeness (QED) is 0.200. The van der Waals surface area contributed by atoms with Crippen LogP contribution < -0.4 is 24.4 Å². The Labute approximate surface area is 267 Å². The molecule has 5 aromatic rings. The number of carbonyl (C=O) groups excluding carboxylic acids is 1. The summed E-state index contributed by atoms with van der Waals surface area (Å²) in [6.45, 7) is 2.25. The van der Waals surface area contributed by atoms with Gasteiger partial charge in [0, 0.05) is 10.4 Å². The van der Waals surface area contributed by atoms with Crippen LogP contribution in [-0.4, -0.2) is 24.3 Å². The Morgan fingerprint density at radius 3 is 2.53 bits per heavy atom. The molecule has 10 heteroatoms. The zero-order valence-electron chi connectivity index (χ0n) is 24.4. The van der Waals surface area contributed by atoms with Gasteiger partial charge in [-0.1, -0.05) is 65.9 Å². The summed E-state index contributed by atoms with van der Waals surface area (Å²) in [6.07, 6.45) is 1.79. The number of aromatic nitrogens is 1. The van der Waals surface area contributed by atoms with Gasteiger partial charge in [0.05, 0.1) is 41.2 Å². The highest BCUT2D eigenvalue weighted by Gasteiger charge is 2.35. The number of rotatable bonds is 9. The van der Waals surface area contributed by atoms with Crippen LogP contribution in [0.15, 0.2) is 106 Å². The van der Waals surface area contributed by atoms with Crippen LogP contribution in [0.5, 0.6) is 11.5 Å². The van der Waals surface area contributed by atoms with E-state index in [0.717, 1.165) is 21.6 Å². The van der Waals surface area contributed by atoms with Gasteiger partial charge >= 0.3 is 5.97 Å². The summed E-state index contributed by atoms with van der Waals surface area (Å²) < 4.78 is 19.2. The molecule has 2 aromatic heterocycles. The number of nitrogens with zero attached hydrogens (tertiary/aromatic N) is 3. The van der Waals surface area contributed by atoms with Crippen molar-refractivity contribution in [3.63, 3.8) is 0 Å². The maximum Gasteiger partial charge on any atom is 0.338 e. The second kappa shape index (κ2) is 13.2. The molecule has 45 heavy (non-hydrogen) atoms. The third-order valence-electron chi connectivity index (χ3n) is 7.15. The minimum atomic E-state index is -0.690. The molecule has 3 aromatic carbocycles. The Morgan fingerprint density at radius 2 is 1.84 bits per heavy atom. The minimum absolute atomic E-state index is 0.195. The molecule has 1 aliphatic rings. The van der Waals surface area contributed by atoms with Gasteiger partial charge in [-0.2, -0.15) is 5.26 Å². The topological polar surface area (TPSA) is 103 Å². The molecule has 1 aliphatic heterocycles. The van der Waals surface area contributed by atoms with Crippen LogP contribution in [0, 0.1) is 11.3 Å². The number of thiophene rings is 1. The molecule has 0 fully saturated rings. The lowest BCUT2D eigenvalue weighted by Crippen LogP contribution is -2.39. The third-order valence-corrected chi connectivity index (χ3v) is 9.06. The first-order chi connectivity index (χ1) is 22.0. The van der Waals surface area contributed by atoms with Crippen LogP contribution >= 0.6 is 22.7 Å². The van der Waals surface area contributed by atoms with Crippen molar-refractivity contribution in [2.24, 2.45) is 4.99 Å². The molecule has 8 nitrogen and oxygen atoms in total. The Bertz CT molecular complexity index is 2110. The van der Waals surface area contributed by atoms with Gasteiger partial charge in [0.25, 0.3) is 5.56 Å². The largest absolute Gasteiger partial charge is 0.493 e. The van der Waals surface area contributed by atoms with Crippen LogP contribution in [0.25, 0.3) is 11.8 Å². The predicted molar refractivity (Wildman–Crippen MR) is 174 cm³/mol. The molecular weight excluding hydrogens is 607 g/mol. The fourth-order valence-corrected chi connectivity index (χ4v) is 6.86. The van der Waals surface area contributed by atoms with Crippen LogP contribution in [0.2, 0.25) is 0 Å². The molecule has 0 spiro atoms. The first-order valence-corrected chi connectivity index (χ1v) is 15.8. The summed E-state index contributed by atoms with van der Waals surface area (Å²) in [5.74, 6) is 0.552. The standard InChI is InChI=1S/C35H27N3O5S2/c1-3-42-34(40)30-31(25-8-5-4-6-9-25)37-35-38(32(30)28-10-7-17-44-28)33(39)29(45-35)19-24-15-16-26(27(18-24)41-2)43-21-23-13-11-22(20-36)12-14-23/h4-19,32H,3,21H2,1-2H3/b29-19-/t32-/m1/s1. The van der Waals surface area contributed by atoms with Crippen molar-refractivity contribution in [1.82, 2.24) is 4.57 Å². The third kappa shape index (κ3) is 6.09. The summed E-state index contributed by atoms with van der Waals surface area (Å²) in [7, 11) is 1.56. The fourth-order valence-electron chi connectivity index (χ4n) is 5.04. The average molecular weight is 634 g/mol. The number of fused-ring (bicyclic) bond motifs is 1. The molecule has 3 heterocycles. The number of methoxy groups -OCH3 is 1. The van der Waals surface area contributed by atoms with Crippen LogP contribution in [0.1, 0.15) is 40.1 Å². The number of hydrogen-bond donors (Lipinski definition) is 0. The van der Waals surface area contributed by atoms with E-state index in [4.69, 9.17) is 24.5 Å². The molecule has 224 valence electrons. The lowest BCUT2D eigenvalue weighted by Gasteiger charge is -2.24. The number of thiazole rings is 1. The maximum atomic E-state index is 14.1. The number of hydrogen-bond acceptors (Lipinski definition) is 9. The summed E-state index contributed by atoms with van der Waals surface area (Å²) in [5.41, 5.74) is 3.57. The Morgan fingerprint density at radius 1 is 1.04 bits per heavy atom. The smallest absolute Gasteiger partial charge is 0.338 e. The summed E-state index contributed by atoms with van der Waals surface area (Å²) in [4.78, 5) is 33.7. The van der Waals surface area contributed by atoms with Gasteiger partial charge in [-0.3, -0.25) is 9.36 Å². The number of benzene rings is 3. The van der Waals surface area contributed by atoms with Gasteiger partial charge in [0.2, 0.25) is 0 Å². The van der Waals surface area contributed by atoms with Gasteiger partial charge in [-0.25, -0.2) is 9.79 Å². The van der Waals surface area contributed by atoms with Gasteiger partial charge in [-0.15, -0.1) is 11.3 Å². The lowest BCUT2D eigenvalue weighted by molar-refractivity contribution is -0.138. The van der Waals surface area contributed by atoms with Gasteiger partial charge in [-0.05, 0) is 59.8 Å². The number of nitriles is 1. The highest BCUT2D eigenvalue weighted by molar-refractivity contribution is 7.10. The van der Waals surface area contributed by atoms with E-state index in [0.29, 0.717) is 44.3 Å².